The summed E-state index contributed by atoms with van der Waals surface area (Å²) >= 11 is 0. The van der Waals surface area contributed by atoms with Crippen LogP contribution >= 0.6 is 0 Å². The molecule has 28 heavy (non-hydrogen) atoms. The summed E-state index contributed by atoms with van der Waals surface area (Å²) < 4.78 is 14.1. The number of hydrogen-bond donors (Lipinski definition) is 0. The van der Waals surface area contributed by atoms with E-state index >= 15 is 0 Å². The minimum Gasteiger partial charge on any atom is -0.468 e. The van der Waals surface area contributed by atoms with E-state index in [0.29, 0.717) is 40.1 Å². The molecule has 11 heteroatoms. The van der Waals surface area contributed by atoms with E-state index in [4.69, 9.17) is 9.26 Å². The Labute approximate surface area is 157 Å². The first-order chi connectivity index (χ1) is 13.8. The normalized spacial score (nSPS) is 11.2. The molecule has 0 saturated carbocycles. The number of fused-ring (bicyclic) bond motifs is 1. The molecule has 0 aliphatic carbocycles. The molecular formula is C17H13N9O2. The van der Waals surface area contributed by atoms with Gasteiger partial charge in [-0.1, -0.05) is 11.2 Å². The van der Waals surface area contributed by atoms with Gasteiger partial charge in [-0.2, -0.15) is 9.61 Å². The lowest BCUT2D eigenvalue weighted by Gasteiger charge is -2.10. The van der Waals surface area contributed by atoms with Crippen molar-refractivity contribution < 1.29 is 9.26 Å². The first-order valence-electron chi connectivity index (χ1n) is 8.34. The number of ether oxygens (including phenoxy) is 1. The van der Waals surface area contributed by atoms with Crippen LogP contribution in [0.3, 0.4) is 0 Å². The lowest BCUT2D eigenvalue weighted by molar-refractivity contribution is 0.275. The number of aromatic nitrogens is 9. The second kappa shape index (κ2) is 6.54. The van der Waals surface area contributed by atoms with Crippen LogP contribution in [-0.2, 0) is 13.7 Å². The van der Waals surface area contributed by atoms with Crippen LogP contribution in [0.25, 0.3) is 28.4 Å². The van der Waals surface area contributed by atoms with Crippen LogP contribution in [0.1, 0.15) is 5.82 Å². The van der Waals surface area contributed by atoms with Crippen LogP contribution < -0.4 is 4.74 Å². The number of hydrogen-bond acceptors (Lipinski definition) is 9. The summed E-state index contributed by atoms with van der Waals surface area (Å²) in [4.78, 5) is 8.57. The number of aryl methyl sites for hydroxylation is 1. The average molecular weight is 375 g/mol. The smallest absolute Gasteiger partial charge is 0.241 e. The molecule has 0 radical (unpaired) electrons. The molecule has 5 aromatic heterocycles. The maximum absolute atomic E-state index is 5.97. The van der Waals surface area contributed by atoms with Crippen LogP contribution in [0.5, 0.6) is 5.88 Å². The molecule has 5 rings (SSSR count). The molecule has 0 unspecified atom stereocenters. The van der Waals surface area contributed by atoms with Crippen LogP contribution in [-0.4, -0.2) is 44.7 Å². The molecule has 5 heterocycles. The Morgan fingerprint density at radius 2 is 2.07 bits per heavy atom. The molecular weight excluding hydrogens is 362 g/mol. The van der Waals surface area contributed by atoms with Crippen molar-refractivity contribution in [3.05, 3.63) is 54.9 Å². The summed E-state index contributed by atoms with van der Waals surface area (Å²) in [6, 6.07) is 9.11. The standard InChI is InChI=1S/C17H13N9O2/c1-25-15(19-10-20-25)9-27-17-11(12-4-2-3-6-18-12)8-14-21-22-16(26(14)23-17)13-5-7-28-24-13/h2-8,10H,9H2,1H3. The van der Waals surface area contributed by atoms with Gasteiger partial charge >= 0.3 is 0 Å². The van der Waals surface area contributed by atoms with Gasteiger partial charge in [0, 0.05) is 19.3 Å². The van der Waals surface area contributed by atoms with E-state index in [1.165, 1.54) is 12.6 Å². The predicted molar refractivity (Wildman–Crippen MR) is 94.8 cm³/mol. The molecule has 11 nitrogen and oxygen atoms in total. The van der Waals surface area contributed by atoms with Crippen molar-refractivity contribution >= 4 is 5.65 Å². The summed E-state index contributed by atoms with van der Waals surface area (Å²) in [6.45, 7) is 0.191. The second-order valence-electron chi connectivity index (χ2n) is 5.84. The van der Waals surface area contributed by atoms with E-state index in [1.54, 1.807) is 28.5 Å². The Kier molecular flexibility index (Phi) is 3.75. The highest BCUT2D eigenvalue weighted by atomic mass is 16.5. The third kappa shape index (κ3) is 2.74. The Balaban J connectivity index is 1.63. The minimum atomic E-state index is 0.191. The molecule has 0 saturated heterocycles. The highest BCUT2D eigenvalue weighted by Gasteiger charge is 2.18. The number of rotatable bonds is 5. The van der Waals surface area contributed by atoms with Crippen molar-refractivity contribution in [1.82, 2.24) is 44.7 Å². The summed E-state index contributed by atoms with van der Waals surface area (Å²) in [5.74, 6) is 1.47. The predicted octanol–water partition coefficient (Wildman–Crippen LogP) is 1.55. The topological polar surface area (TPSA) is 122 Å². The molecule has 0 bridgehead atoms. The van der Waals surface area contributed by atoms with E-state index in [2.05, 4.69) is 35.5 Å². The number of nitrogens with zero attached hydrogens (tertiary/aromatic N) is 9. The first-order valence-corrected chi connectivity index (χ1v) is 8.34. The van der Waals surface area contributed by atoms with Gasteiger partial charge in [-0.3, -0.25) is 9.67 Å². The highest BCUT2D eigenvalue weighted by molar-refractivity contribution is 5.69. The van der Waals surface area contributed by atoms with Gasteiger partial charge in [0.2, 0.25) is 11.7 Å². The van der Waals surface area contributed by atoms with E-state index in [9.17, 15) is 0 Å². The molecule has 0 amide bonds. The van der Waals surface area contributed by atoms with E-state index in [-0.39, 0.29) is 6.61 Å². The van der Waals surface area contributed by atoms with Crippen LogP contribution in [0.4, 0.5) is 0 Å². The largest absolute Gasteiger partial charge is 0.468 e. The molecule has 0 N–H and O–H groups in total. The second-order valence-corrected chi connectivity index (χ2v) is 5.84. The molecule has 0 fully saturated rings. The third-order valence-corrected chi connectivity index (χ3v) is 4.11. The molecule has 0 aromatic carbocycles. The molecule has 0 spiro atoms. The van der Waals surface area contributed by atoms with E-state index in [1.807, 2.05) is 24.3 Å². The van der Waals surface area contributed by atoms with Crippen molar-refractivity contribution in [2.24, 2.45) is 7.05 Å². The van der Waals surface area contributed by atoms with Crippen molar-refractivity contribution in [1.29, 1.82) is 0 Å². The van der Waals surface area contributed by atoms with Gasteiger partial charge in [0.25, 0.3) is 0 Å². The van der Waals surface area contributed by atoms with Crippen molar-refractivity contribution in [3.8, 4) is 28.7 Å². The van der Waals surface area contributed by atoms with Crippen molar-refractivity contribution in [2.45, 2.75) is 6.61 Å². The monoisotopic (exact) mass is 375 g/mol. The molecule has 0 aliphatic rings. The van der Waals surface area contributed by atoms with Gasteiger partial charge in [-0.25, -0.2) is 4.98 Å². The quantitative estimate of drug-likeness (QED) is 0.450. The Morgan fingerprint density at radius 3 is 2.82 bits per heavy atom. The van der Waals surface area contributed by atoms with Crippen LogP contribution in [0.2, 0.25) is 0 Å². The zero-order valence-corrected chi connectivity index (χ0v) is 14.7. The minimum absolute atomic E-state index is 0.191. The Bertz CT molecular complexity index is 1230. The van der Waals surface area contributed by atoms with Crippen LogP contribution in [0.15, 0.2) is 53.6 Å². The zero-order chi connectivity index (χ0) is 18.9. The van der Waals surface area contributed by atoms with Crippen molar-refractivity contribution in [2.75, 3.05) is 0 Å². The van der Waals surface area contributed by atoms with E-state index in [0.717, 1.165) is 0 Å². The Morgan fingerprint density at radius 1 is 1.11 bits per heavy atom. The summed E-state index contributed by atoms with van der Waals surface area (Å²) in [5, 5.41) is 20.9. The zero-order valence-electron chi connectivity index (χ0n) is 14.7. The molecule has 0 atom stereocenters. The third-order valence-electron chi connectivity index (χ3n) is 4.11. The van der Waals surface area contributed by atoms with Gasteiger partial charge < -0.3 is 9.26 Å². The Hall–Kier alpha value is -4.15. The van der Waals surface area contributed by atoms with Gasteiger partial charge in [-0.15, -0.1) is 15.3 Å². The fourth-order valence-electron chi connectivity index (χ4n) is 2.70. The van der Waals surface area contributed by atoms with Crippen LogP contribution in [0, 0.1) is 0 Å². The SMILES string of the molecule is Cn1ncnc1COc1nn2c(-c3ccon3)nnc2cc1-c1ccccn1. The summed E-state index contributed by atoms with van der Waals surface area (Å²) in [5.41, 5.74) is 2.44. The molecule has 0 aliphatic heterocycles. The van der Waals surface area contributed by atoms with Crippen molar-refractivity contribution in [3.63, 3.8) is 0 Å². The lowest BCUT2D eigenvalue weighted by Crippen LogP contribution is -2.08. The summed E-state index contributed by atoms with van der Waals surface area (Å²) in [7, 11) is 1.80. The van der Waals surface area contributed by atoms with Gasteiger partial charge in [0.1, 0.15) is 19.2 Å². The molecule has 5 aromatic rings. The number of pyridine rings is 1. The van der Waals surface area contributed by atoms with Gasteiger partial charge in [0.15, 0.2) is 17.2 Å². The van der Waals surface area contributed by atoms with Gasteiger partial charge in [-0.05, 0) is 18.2 Å². The van der Waals surface area contributed by atoms with Gasteiger partial charge in [0.05, 0.1) is 11.3 Å². The summed E-state index contributed by atoms with van der Waals surface area (Å²) in [6.07, 6.45) is 4.64. The lowest BCUT2D eigenvalue weighted by atomic mass is 10.2. The fraction of sp³-hybridized carbons (Fsp3) is 0.118. The maximum Gasteiger partial charge on any atom is 0.241 e. The average Bonchev–Trinajstić information content (AvgIpc) is 3.47. The highest BCUT2D eigenvalue weighted by Crippen LogP contribution is 2.29. The first kappa shape index (κ1) is 16.1. The fourth-order valence-corrected chi connectivity index (χ4v) is 2.70. The maximum atomic E-state index is 5.97. The van der Waals surface area contributed by atoms with E-state index < -0.39 is 0 Å². The molecule has 138 valence electrons.